The molecule has 0 aliphatic carbocycles. The van der Waals surface area contributed by atoms with Crippen molar-refractivity contribution in [3.8, 4) is 5.75 Å². The summed E-state index contributed by atoms with van der Waals surface area (Å²) < 4.78 is 34.0. The number of hydrogen-bond acceptors (Lipinski definition) is 3. The van der Waals surface area contributed by atoms with Gasteiger partial charge in [0.05, 0.1) is 13.0 Å². The summed E-state index contributed by atoms with van der Waals surface area (Å²) >= 11 is 0. The normalized spacial score (nSPS) is 19.9. The van der Waals surface area contributed by atoms with Crippen molar-refractivity contribution in [2.24, 2.45) is 11.3 Å². The zero-order valence-electron chi connectivity index (χ0n) is 19.6. The molecule has 0 radical (unpaired) electrons. The van der Waals surface area contributed by atoms with E-state index in [1.807, 2.05) is 23.1 Å². The summed E-state index contributed by atoms with van der Waals surface area (Å²) in [6.45, 7) is 7.43. The van der Waals surface area contributed by atoms with Crippen molar-refractivity contribution in [1.29, 1.82) is 0 Å². The monoisotopic (exact) mass is 456 g/mol. The minimum atomic E-state index is -0.537. The number of benzene rings is 2. The highest BCUT2D eigenvalue weighted by atomic mass is 19.1. The molecule has 33 heavy (non-hydrogen) atoms. The summed E-state index contributed by atoms with van der Waals surface area (Å²) in [6.07, 6.45) is 3.53. The lowest BCUT2D eigenvalue weighted by molar-refractivity contribution is -0.131. The van der Waals surface area contributed by atoms with E-state index in [0.29, 0.717) is 25.5 Å². The molecule has 0 saturated carbocycles. The first kappa shape index (κ1) is 23.7. The molecule has 2 aromatic rings. The van der Waals surface area contributed by atoms with Crippen molar-refractivity contribution in [3.05, 3.63) is 65.2 Å². The van der Waals surface area contributed by atoms with Gasteiger partial charge in [0.2, 0.25) is 5.91 Å². The number of nitrogens with zero attached hydrogens (tertiary/aromatic N) is 1. The Morgan fingerprint density at radius 3 is 2.67 bits per heavy atom. The maximum absolute atomic E-state index is 14.2. The van der Waals surface area contributed by atoms with Gasteiger partial charge in [0, 0.05) is 18.2 Å². The Morgan fingerprint density at radius 2 is 1.91 bits per heavy atom. The van der Waals surface area contributed by atoms with Gasteiger partial charge in [0.15, 0.2) is 0 Å². The van der Waals surface area contributed by atoms with Gasteiger partial charge in [-0.2, -0.15) is 0 Å². The Morgan fingerprint density at radius 1 is 1.15 bits per heavy atom. The Hall–Kier alpha value is -2.47. The molecule has 0 aromatic heterocycles. The zero-order valence-corrected chi connectivity index (χ0v) is 19.6. The van der Waals surface area contributed by atoms with Crippen molar-refractivity contribution in [3.63, 3.8) is 0 Å². The maximum atomic E-state index is 14.2. The summed E-state index contributed by atoms with van der Waals surface area (Å²) in [5.74, 6) is 0.0797. The number of likely N-dealkylation sites (tertiary alicyclic amines) is 1. The fourth-order valence-corrected chi connectivity index (χ4v) is 5.23. The summed E-state index contributed by atoms with van der Waals surface area (Å²) in [6, 6.07) is 11.3. The lowest BCUT2D eigenvalue weighted by atomic mass is 9.76. The van der Waals surface area contributed by atoms with E-state index in [0.717, 1.165) is 61.9 Å². The van der Waals surface area contributed by atoms with Crippen LogP contribution in [0, 0.1) is 23.0 Å². The van der Waals surface area contributed by atoms with E-state index in [4.69, 9.17) is 4.74 Å². The van der Waals surface area contributed by atoms with Crippen LogP contribution < -0.4 is 10.1 Å². The highest BCUT2D eigenvalue weighted by Gasteiger charge is 2.46. The molecule has 2 heterocycles. The van der Waals surface area contributed by atoms with Gasteiger partial charge in [-0.3, -0.25) is 4.79 Å². The standard InChI is InChI=1S/C27H34F2N2O2/c1-19(2)17-33-25-6-4-3-5-20(25)14-23-16-27(9-11-30-12-10-27)18-31(23)26(32)15-21-13-22(28)7-8-24(21)29/h3-8,13,19,23,30H,9-12,14-18H2,1-2H3. The van der Waals surface area contributed by atoms with E-state index in [9.17, 15) is 13.6 Å². The third kappa shape index (κ3) is 5.72. The lowest BCUT2D eigenvalue weighted by Crippen LogP contribution is -2.41. The average molecular weight is 457 g/mol. The van der Waals surface area contributed by atoms with Crippen molar-refractivity contribution in [2.45, 2.75) is 52.0 Å². The highest BCUT2D eigenvalue weighted by Crippen LogP contribution is 2.43. The number of para-hydroxylation sites is 1. The highest BCUT2D eigenvalue weighted by molar-refractivity contribution is 5.79. The number of piperidine rings is 1. The number of hydrogen-bond donors (Lipinski definition) is 1. The predicted octanol–water partition coefficient (Wildman–Crippen LogP) is 4.76. The minimum Gasteiger partial charge on any atom is -0.493 e. The van der Waals surface area contributed by atoms with Crippen molar-refractivity contribution in [1.82, 2.24) is 10.2 Å². The lowest BCUT2D eigenvalue weighted by Gasteiger charge is -2.33. The topological polar surface area (TPSA) is 41.6 Å². The Kier molecular flexibility index (Phi) is 7.32. The fourth-order valence-electron chi connectivity index (χ4n) is 5.23. The number of carbonyl (C=O) groups is 1. The van der Waals surface area contributed by atoms with Gasteiger partial charge in [-0.05, 0) is 79.9 Å². The van der Waals surface area contributed by atoms with E-state index >= 15 is 0 Å². The minimum absolute atomic E-state index is 0.0102. The molecule has 1 unspecified atom stereocenters. The number of halogens is 2. The molecule has 1 amide bonds. The Labute approximate surface area is 195 Å². The van der Waals surface area contributed by atoms with Crippen LogP contribution in [0.25, 0.3) is 0 Å². The Bertz CT molecular complexity index is 972. The van der Waals surface area contributed by atoms with Crippen LogP contribution in [0.2, 0.25) is 0 Å². The molecule has 1 atom stereocenters. The van der Waals surface area contributed by atoms with E-state index < -0.39 is 11.6 Å². The third-order valence-electron chi connectivity index (χ3n) is 6.95. The van der Waals surface area contributed by atoms with Crippen molar-refractivity contribution < 1.29 is 18.3 Å². The molecule has 178 valence electrons. The first-order valence-corrected chi connectivity index (χ1v) is 12.0. The molecule has 2 aromatic carbocycles. The van der Waals surface area contributed by atoms with Gasteiger partial charge in [-0.1, -0.05) is 32.0 Å². The van der Waals surface area contributed by atoms with Crippen LogP contribution in [-0.2, 0) is 17.6 Å². The van der Waals surface area contributed by atoms with Crippen molar-refractivity contribution >= 4 is 5.91 Å². The number of ether oxygens (including phenoxy) is 1. The summed E-state index contributed by atoms with van der Waals surface area (Å²) in [7, 11) is 0. The summed E-state index contributed by atoms with van der Waals surface area (Å²) in [5.41, 5.74) is 1.29. The summed E-state index contributed by atoms with van der Waals surface area (Å²) in [5, 5.41) is 3.42. The second-order valence-electron chi connectivity index (χ2n) is 10.1. The largest absolute Gasteiger partial charge is 0.493 e. The zero-order chi connectivity index (χ0) is 23.4. The number of carbonyl (C=O) groups excluding carboxylic acids is 1. The van der Waals surface area contributed by atoms with Gasteiger partial charge in [0.1, 0.15) is 17.4 Å². The predicted molar refractivity (Wildman–Crippen MR) is 125 cm³/mol. The molecule has 2 aliphatic rings. The number of amides is 1. The molecule has 2 saturated heterocycles. The maximum Gasteiger partial charge on any atom is 0.227 e. The second-order valence-corrected chi connectivity index (χ2v) is 10.1. The average Bonchev–Trinajstić information content (AvgIpc) is 3.13. The van der Waals surface area contributed by atoms with Gasteiger partial charge in [-0.25, -0.2) is 8.78 Å². The SMILES string of the molecule is CC(C)COc1ccccc1CC1CC2(CCNCC2)CN1C(=O)Cc1cc(F)ccc1F. The van der Waals surface area contributed by atoms with Crippen LogP contribution >= 0.6 is 0 Å². The molecule has 4 rings (SSSR count). The van der Waals surface area contributed by atoms with E-state index in [1.54, 1.807) is 0 Å². The van der Waals surface area contributed by atoms with Crippen molar-refractivity contribution in [2.75, 3.05) is 26.2 Å². The van der Waals surface area contributed by atoms with Crippen LogP contribution in [-0.4, -0.2) is 43.1 Å². The number of nitrogens with one attached hydrogen (secondary N) is 1. The van der Waals surface area contributed by atoms with Crippen LogP contribution in [0.4, 0.5) is 8.78 Å². The molecule has 0 bridgehead atoms. The molecular formula is C27H34F2N2O2. The molecule has 1 spiro atoms. The second kappa shape index (κ2) is 10.2. The fraction of sp³-hybridized carbons (Fsp3) is 0.519. The van der Waals surface area contributed by atoms with Crippen LogP contribution in [0.5, 0.6) is 5.75 Å². The molecule has 1 N–H and O–H groups in total. The summed E-state index contributed by atoms with van der Waals surface area (Å²) in [4.78, 5) is 15.3. The molecule has 2 aliphatic heterocycles. The van der Waals surface area contributed by atoms with E-state index in [-0.39, 0.29) is 29.3 Å². The van der Waals surface area contributed by atoms with Gasteiger partial charge >= 0.3 is 0 Å². The van der Waals surface area contributed by atoms with Crippen LogP contribution in [0.1, 0.15) is 44.2 Å². The first-order chi connectivity index (χ1) is 15.8. The van der Waals surface area contributed by atoms with E-state index in [2.05, 4.69) is 25.2 Å². The Balaban J connectivity index is 1.56. The third-order valence-corrected chi connectivity index (χ3v) is 6.95. The number of rotatable bonds is 7. The molecule has 2 fully saturated rings. The van der Waals surface area contributed by atoms with Gasteiger partial charge < -0.3 is 15.0 Å². The molecule has 6 heteroatoms. The molecular weight excluding hydrogens is 422 g/mol. The quantitative estimate of drug-likeness (QED) is 0.654. The van der Waals surface area contributed by atoms with Crippen LogP contribution in [0.3, 0.4) is 0 Å². The van der Waals surface area contributed by atoms with Gasteiger partial charge in [-0.15, -0.1) is 0 Å². The first-order valence-electron chi connectivity index (χ1n) is 12.0. The molecule has 4 nitrogen and oxygen atoms in total. The van der Waals surface area contributed by atoms with Gasteiger partial charge in [0.25, 0.3) is 0 Å². The van der Waals surface area contributed by atoms with Crippen LogP contribution in [0.15, 0.2) is 42.5 Å². The smallest absolute Gasteiger partial charge is 0.227 e. The van der Waals surface area contributed by atoms with E-state index in [1.165, 1.54) is 0 Å².